The maximum Gasteiger partial charge on any atom is 0.131 e. The minimum atomic E-state index is 0.770. The summed E-state index contributed by atoms with van der Waals surface area (Å²) >= 11 is 0. The molecule has 2 nitrogen and oxygen atoms in total. The van der Waals surface area contributed by atoms with E-state index in [0.29, 0.717) is 0 Å². The van der Waals surface area contributed by atoms with Crippen LogP contribution in [-0.2, 0) is 6.42 Å². The van der Waals surface area contributed by atoms with Gasteiger partial charge in [-0.1, -0.05) is 6.07 Å². The second kappa shape index (κ2) is 4.51. The minimum Gasteiger partial charge on any atom is -0.363 e. The third-order valence-corrected chi connectivity index (χ3v) is 1.83. The lowest BCUT2D eigenvalue weighted by Gasteiger charge is -2.14. The number of rotatable bonds is 3. The van der Waals surface area contributed by atoms with Crippen LogP contribution in [0.25, 0.3) is 0 Å². The lowest BCUT2D eigenvalue weighted by Crippen LogP contribution is -2.12. The van der Waals surface area contributed by atoms with E-state index in [1.165, 1.54) is 5.56 Å². The second-order valence-corrected chi connectivity index (χ2v) is 3.08. The number of aryl methyl sites for hydroxylation is 1. The quantitative estimate of drug-likeness (QED) is 0.648. The van der Waals surface area contributed by atoms with E-state index in [1.807, 2.05) is 25.1 Å². The summed E-state index contributed by atoms with van der Waals surface area (Å²) in [5.74, 6) is 3.65. The van der Waals surface area contributed by atoms with E-state index in [-0.39, 0.29) is 0 Å². The molecule has 0 aliphatic carbocycles. The molecule has 0 aliphatic heterocycles. The first-order chi connectivity index (χ1) is 6.25. The summed E-state index contributed by atoms with van der Waals surface area (Å²) in [6.45, 7) is 0. The Bertz CT molecular complexity index is 310. The summed E-state index contributed by atoms with van der Waals surface area (Å²) in [6, 6.07) is 4.01. The van der Waals surface area contributed by atoms with E-state index in [4.69, 9.17) is 6.42 Å². The van der Waals surface area contributed by atoms with Gasteiger partial charge in [0.25, 0.3) is 0 Å². The first kappa shape index (κ1) is 9.60. The van der Waals surface area contributed by atoms with E-state index in [2.05, 4.69) is 17.0 Å². The Morgan fingerprint density at radius 3 is 2.92 bits per heavy atom. The number of anilines is 1. The van der Waals surface area contributed by atoms with E-state index < -0.39 is 0 Å². The standard InChI is InChI=1S/C11H14N2/c1-4-5-7-10-8-6-9-12-11(10)13(2)3/h1,6,8-9H,5,7H2,2-3H3. The van der Waals surface area contributed by atoms with Gasteiger partial charge in [-0.15, -0.1) is 12.3 Å². The Balaban J connectivity index is 2.86. The highest BCUT2D eigenvalue weighted by atomic mass is 15.1. The van der Waals surface area contributed by atoms with Crippen molar-refractivity contribution in [1.29, 1.82) is 0 Å². The Morgan fingerprint density at radius 2 is 2.31 bits per heavy atom. The van der Waals surface area contributed by atoms with Crippen LogP contribution >= 0.6 is 0 Å². The molecule has 0 spiro atoms. The van der Waals surface area contributed by atoms with Gasteiger partial charge in [0.15, 0.2) is 0 Å². The molecular weight excluding hydrogens is 160 g/mol. The Hall–Kier alpha value is -1.49. The van der Waals surface area contributed by atoms with E-state index in [1.54, 1.807) is 6.20 Å². The SMILES string of the molecule is C#CCCc1cccnc1N(C)C. The smallest absolute Gasteiger partial charge is 0.131 e. The average Bonchev–Trinajstić information content (AvgIpc) is 2.15. The van der Waals surface area contributed by atoms with Gasteiger partial charge in [-0.05, 0) is 18.1 Å². The maximum atomic E-state index is 5.22. The number of terminal acetylenes is 1. The third-order valence-electron chi connectivity index (χ3n) is 1.83. The molecule has 0 aromatic carbocycles. The van der Waals surface area contributed by atoms with Crippen molar-refractivity contribution in [3.05, 3.63) is 23.9 Å². The lowest BCUT2D eigenvalue weighted by molar-refractivity contribution is 0.968. The molecule has 1 aromatic heterocycles. The molecule has 0 N–H and O–H groups in total. The van der Waals surface area contributed by atoms with Gasteiger partial charge < -0.3 is 4.90 Å². The van der Waals surface area contributed by atoms with Gasteiger partial charge in [0.2, 0.25) is 0 Å². The molecule has 0 saturated heterocycles. The Morgan fingerprint density at radius 1 is 1.54 bits per heavy atom. The van der Waals surface area contributed by atoms with Crippen LogP contribution in [0.2, 0.25) is 0 Å². The first-order valence-corrected chi connectivity index (χ1v) is 4.30. The fourth-order valence-corrected chi connectivity index (χ4v) is 1.23. The van der Waals surface area contributed by atoms with E-state index in [9.17, 15) is 0 Å². The molecule has 0 atom stereocenters. The van der Waals surface area contributed by atoms with Crippen LogP contribution in [0.1, 0.15) is 12.0 Å². The molecule has 0 aliphatic rings. The highest BCUT2D eigenvalue weighted by Crippen LogP contribution is 2.15. The highest BCUT2D eigenvalue weighted by molar-refractivity contribution is 5.45. The summed E-state index contributed by atoms with van der Waals surface area (Å²) in [5, 5.41) is 0. The topological polar surface area (TPSA) is 16.1 Å². The molecule has 68 valence electrons. The number of nitrogens with zero attached hydrogens (tertiary/aromatic N) is 2. The molecule has 13 heavy (non-hydrogen) atoms. The van der Waals surface area contributed by atoms with Crippen molar-refractivity contribution >= 4 is 5.82 Å². The molecule has 0 fully saturated rings. The maximum absolute atomic E-state index is 5.22. The summed E-state index contributed by atoms with van der Waals surface area (Å²) in [4.78, 5) is 6.29. The largest absolute Gasteiger partial charge is 0.363 e. The van der Waals surface area contributed by atoms with Crippen molar-refractivity contribution in [2.45, 2.75) is 12.8 Å². The van der Waals surface area contributed by atoms with Crippen molar-refractivity contribution in [3.8, 4) is 12.3 Å². The molecule has 0 unspecified atom stereocenters. The van der Waals surface area contributed by atoms with Gasteiger partial charge >= 0.3 is 0 Å². The van der Waals surface area contributed by atoms with Crippen LogP contribution in [0.4, 0.5) is 5.82 Å². The Labute approximate surface area is 79.6 Å². The normalized spacial score (nSPS) is 9.31. The second-order valence-electron chi connectivity index (χ2n) is 3.08. The minimum absolute atomic E-state index is 0.770. The zero-order chi connectivity index (χ0) is 9.68. The predicted octanol–water partition coefficient (Wildman–Crippen LogP) is 1.71. The molecule has 0 saturated carbocycles. The van der Waals surface area contributed by atoms with Crippen LogP contribution in [-0.4, -0.2) is 19.1 Å². The zero-order valence-corrected chi connectivity index (χ0v) is 8.12. The zero-order valence-electron chi connectivity index (χ0n) is 8.12. The monoisotopic (exact) mass is 174 g/mol. The van der Waals surface area contributed by atoms with Gasteiger partial charge in [-0.2, -0.15) is 0 Å². The Kier molecular flexibility index (Phi) is 3.33. The van der Waals surface area contributed by atoms with Crippen LogP contribution in [0.5, 0.6) is 0 Å². The summed E-state index contributed by atoms with van der Waals surface area (Å²) < 4.78 is 0. The molecule has 1 aromatic rings. The molecule has 0 bridgehead atoms. The van der Waals surface area contributed by atoms with Crippen molar-refractivity contribution in [3.63, 3.8) is 0 Å². The molecule has 0 radical (unpaired) electrons. The van der Waals surface area contributed by atoms with Crippen molar-refractivity contribution in [2.75, 3.05) is 19.0 Å². The van der Waals surface area contributed by atoms with Crippen molar-refractivity contribution in [1.82, 2.24) is 4.98 Å². The first-order valence-electron chi connectivity index (χ1n) is 4.30. The molecule has 2 heteroatoms. The van der Waals surface area contributed by atoms with Gasteiger partial charge in [0, 0.05) is 26.7 Å². The third kappa shape index (κ3) is 2.48. The van der Waals surface area contributed by atoms with Crippen LogP contribution in [0, 0.1) is 12.3 Å². The molecule has 1 heterocycles. The van der Waals surface area contributed by atoms with Crippen LogP contribution < -0.4 is 4.90 Å². The summed E-state index contributed by atoms with van der Waals surface area (Å²) in [7, 11) is 3.98. The number of pyridine rings is 1. The summed E-state index contributed by atoms with van der Waals surface area (Å²) in [6.07, 6.45) is 8.69. The number of hydrogen-bond acceptors (Lipinski definition) is 2. The van der Waals surface area contributed by atoms with E-state index in [0.717, 1.165) is 18.7 Å². The van der Waals surface area contributed by atoms with Crippen LogP contribution in [0.15, 0.2) is 18.3 Å². The lowest BCUT2D eigenvalue weighted by atomic mass is 10.1. The van der Waals surface area contributed by atoms with Gasteiger partial charge in [-0.3, -0.25) is 0 Å². The van der Waals surface area contributed by atoms with Gasteiger partial charge in [-0.25, -0.2) is 4.98 Å². The molecule has 0 amide bonds. The number of hydrogen-bond donors (Lipinski definition) is 0. The van der Waals surface area contributed by atoms with Crippen molar-refractivity contribution in [2.24, 2.45) is 0 Å². The van der Waals surface area contributed by atoms with Gasteiger partial charge in [0.1, 0.15) is 5.82 Å². The average molecular weight is 174 g/mol. The molecular formula is C11H14N2. The fourth-order valence-electron chi connectivity index (χ4n) is 1.23. The summed E-state index contributed by atoms with van der Waals surface area (Å²) in [5.41, 5.74) is 1.21. The van der Waals surface area contributed by atoms with Crippen molar-refractivity contribution < 1.29 is 0 Å². The number of aromatic nitrogens is 1. The van der Waals surface area contributed by atoms with Gasteiger partial charge in [0.05, 0.1) is 0 Å². The molecule has 1 rings (SSSR count). The fraction of sp³-hybridized carbons (Fsp3) is 0.364. The van der Waals surface area contributed by atoms with Crippen LogP contribution in [0.3, 0.4) is 0 Å². The predicted molar refractivity (Wildman–Crippen MR) is 55.7 cm³/mol. The highest BCUT2D eigenvalue weighted by Gasteiger charge is 2.03. The van der Waals surface area contributed by atoms with E-state index >= 15 is 0 Å².